The fraction of sp³-hybridized carbons (Fsp3) is 0.160. The Morgan fingerprint density at radius 2 is 1.18 bits per heavy atom. The van der Waals surface area contributed by atoms with E-state index in [0.29, 0.717) is 17.6 Å². The van der Waals surface area contributed by atoms with Gasteiger partial charge in [0.1, 0.15) is 11.4 Å². The molecule has 3 heteroatoms. The lowest BCUT2D eigenvalue weighted by molar-refractivity contribution is -0.113. The third-order valence-corrected chi connectivity index (χ3v) is 9.55. The van der Waals surface area contributed by atoms with Crippen LogP contribution in [-0.4, -0.2) is 11.1 Å². The van der Waals surface area contributed by atoms with E-state index in [-0.39, 0.29) is 5.78 Å². The normalized spacial score (nSPS) is 13.5. The van der Waals surface area contributed by atoms with Gasteiger partial charge in [-0.2, -0.15) is 5.26 Å². The Bertz CT molecular complexity index is 958. The van der Waals surface area contributed by atoms with Crippen molar-refractivity contribution in [3.63, 3.8) is 0 Å². The molecule has 3 aromatic rings. The second-order valence-corrected chi connectivity index (χ2v) is 10.5. The minimum Gasteiger partial charge on any atom is -0.293 e. The maximum Gasteiger partial charge on any atom is 0.174 e. The first-order valence-corrected chi connectivity index (χ1v) is 11.4. The minimum atomic E-state index is -2.54. The summed E-state index contributed by atoms with van der Waals surface area (Å²) < 4.78 is 0. The second-order valence-electron chi connectivity index (χ2n) is 7.21. The first-order chi connectivity index (χ1) is 13.8. The van der Waals surface area contributed by atoms with Gasteiger partial charge in [-0.3, -0.25) is 4.79 Å². The largest absolute Gasteiger partial charge is 0.293 e. The number of rotatable bonds is 6. The molecule has 0 amide bonds. The standard InChI is InChI=1S/C25H22NOP/c26-19-25(24(27)18-20-16-17-20)28(21-10-4-1-5-11-21,22-12-6-2-7-13-22)23-14-8-3-9-15-23/h1-15,20H,16-18H2. The zero-order valence-electron chi connectivity index (χ0n) is 15.7. The molecule has 2 nitrogen and oxygen atoms in total. The second kappa shape index (κ2) is 8.01. The minimum absolute atomic E-state index is 0.00916. The van der Waals surface area contributed by atoms with Crippen molar-refractivity contribution in [1.29, 1.82) is 5.26 Å². The van der Waals surface area contributed by atoms with Crippen molar-refractivity contribution in [2.75, 3.05) is 0 Å². The molecule has 0 atom stereocenters. The molecular weight excluding hydrogens is 361 g/mol. The Morgan fingerprint density at radius 3 is 1.50 bits per heavy atom. The highest BCUT2D eigenvalue weighted by Crippen LogP contribution is 2.47. The average Bonchev–Trinajstić information content (AvgIpc) is 3.57. The van der Waals surface area contributed by atoms with E-state index in [1.54, 1.807) is 0 Å². The maximum atomic E-state index is 13.4. The number of hydrogen-bond acceptors (Lipinski definition) is 2. The zero-order chi connectivity index (χ0) is 19.4. The molecule has 0 unspecified atom stereocenters. The molecule has 28 heavy (non-hydrogen) atoms. The van der Waals surface area contributed by atoms with E-state index in [2.05, 4.69) is 42.5 Å². The number of ketones is 1. The van der Waals surface area contributed by atoms with Gasteiger partial charge in [0.25, 0.3) is 0 Å². The van der Waals surface area contributed by atoms with Crippen LogP contribution in [0.1, 0.15) is 19.3 Å². The summed E-state index contributed by atoms with van der Waals surface area (Å²) in [4.78, 5) is 13.4. The van der Waals surface area contributed by atoms with Crippen LogP contribution in [0.15, 0.2) is 91.0 Å². The van der Waals surface area contributed by atoms with Crippen molar-refractivity contribution in [3.05, 3.63) is 91.0 Å². The third kappa shape index (κ3) is 3.35. The van der Waals surface area contributed by atoms with E-state index in [9.17, 15) is 10.1 Å². The number of nitrogens with zero attached hydrogens (tertiary/aromatic N) is 1. The molecule has 0 radical (unpaired) electrons. The van der Waals surface area contributed by atoms with E-state index in [1.165, 1.54) is 0 Å². The van der Waals surface area contributed by atoms with Crippen LogP contribution in [0.5, 0.6) is 0 Å². The van der Waals surface area contributed by atoms with Crippen molar-refractivity contribution in [2.45, 2.75) is 19.3 Å². The van der Waals surface area contributed by atoms with Crippen molar-refractivity contribution in [1.82, 2.24) is 0 Å². The van der Waals surface area contributed by atoms with E-state index in [0.717, 1.165) is 28.8 Å². The molecule has 0 aromatic heterocycles. The Kier molecular flexibility index (Phi) is 5.29. The molecule has 0 spiro atoms. The molecule has 1 aliphatic rings. The van der Waals surface area contributed by atoms with Gasteiger partial charge in [0, 0.05) is 6.42 Å². The lowest BCUT2D eigenvalue weighted by atomic mass is 10.1. The third-order valence-electron chi connectivity index (χ3n) is 5.31. The molecular formula is C25H22NOP. The molecule has 0 saturated heterocycles. The number of carbonyl (C=O) groups excluding carboxylic acids is 1. The molecule has 1 fully saturated rings. The van der Waals surface area contributed by atoms with E-state index >= 15 is 0 Å². The Hall–Kier alpha value is -2.88. The molecule has 138 valence electrons. The number of nitriles is 1. The summed E-state index contributed by atoms with van der Waals surface area (Å²) in [6.45, 7) is -2.54. The lowest BCUT2D eigenvalue weighted by Crippen LogP contribution is -2.33. The maximum absolute atomic E-state index is 13.4. The topological polar surface area (TPSA) is 40.9 Å². The summed E-state index contributed by atoms with van der Waals surface area (Å²) in [5.41, 5.74) is 0. The monoisotopic (exact) mass is 383 g/mol. The molecule has 1 aliphatic carbocycles. The molecule has 4 rings (SSSR count). The zero-order valence-corrected chi connectivity index (χ0v) is 16.6. The summed E-state index contributed by atoms with van der Waals surface area (Å²) in [6, 6.07) is 32.7. The van der Waals surface area contributed by atoms with Gasteiger partial charge in [-0.15, -0.1) is 0 Å². The Labute approximate surface area is 166 Å². The highest BCUT2D eigenvalue weighted by atomic mass is 31.2. The fourth-order valence-electron chi connectivity index (χ4n) is 3.79. The summed E-state index contributed by atoms with van der Waals surface area (Å²) in [5, 5.41) is 13.8. The van der Waals surface area contributed by atoms with Crippen LogP contribution in [0, 0.1) is 17.2 Å². The molecule has 0 N–H and O–H groups in total. The van der Waals surface area contributed by atoms with Gasteiger partial charge in [-0.05, 0) is 41.6 Å². The van der Waals surface area contributed by atoms with E-state index < -0.39 is 6.89 Å². The van der Waals surface area contributed by atoms with Gasteiger partial charge in [-0.1, -0.05) is 91.0 Å². The summed E-state index contributed by atoms with van der Waals surface area (Å²) in [5.74, 6) is 0.454. The predicted octanol–water partition coefficient (Wildman–Crippen LogP) is 4.05. The van der Waals surface area contributed by atoms with Gasteiger partial charge in [0.2, 0.25) is 0 Å². The average molecular weight is 383 g/mol. The van der Waals surface area contributed by atoms with Gasteiger partial charge in [0.05, 0.1) is 0 Å². The highest BCUT2D eigenvalue weighted by Gasteiger charge is 2.35. The molecule has 0 aliphatic heterocycles. The van der Waals surface area contributed by atoms with Crippen LogP contribution in [0.3, 0.4) is 0 Å². The smallest absolute Gasteiger partial charge is 0.174 e. The van der Waals surface area contributed by atoms with Gasteiger partial charge in [0.15, 0.2) is 5.78 Å². The quantitative estimate of drug-likeness (QED) is 0.603. The van der Waals surface area contributed by atoms with Crippen LogP contribution in [0.2, 0.25) is 0 Å². The summed E-state index contributed by atoms with van der Waals surface area (Å²) in [7, 11) is 0. The van der Waals surface area contributed by atoms with E-state index in [1.807, 2.05) is 54.6 Å². The number of benzene rings is 3. The van der Waals surface area contributed by atoms with Crippen LogP contribution >= 0.6 is 6.89 Å². The van der Waals surface area contributed by atoms with Crippen molar-refractivity contribution >= 4 is 33.9 Å². The molecule has 3 aromatic carbocycles. The number of carbonyl (C=O) groups is 1. The first-order valence-electron chi connectivity index (χ1n) is 9.63. The Balaban J connectivity index is 2.14. The van der Waals surface area contributed by atoms with Gasteiger partial charge >= 0.3 is 0 Å². The fourth-order valence-corrected chi connectivity index (χ4v) is 7.94. The summed E-state index contributed by atoms with van der Waals surface area (Å²) in [6.07, 6.45) is 2.67. The van der Waals surface area contributed by atoms with Gasteiger partial charge < -0.3 is 0 Å². The van der Waals surface area contributed by atoms with Crippen LogP contribution in [0.4, 0.5) is 0 Å². The van der Waals surface area contributed by atoms with Crippen LogP contribution in [0.25, 0.3) is 0 Å². The van der Waals surface area contributed by atoms with Crippen molar-refractivity contribution < 1.29 is 4.79 Å². The highest BCUT2D eigenvalue weighted by molar-refractivity contribution is 7.96. The van der Waals surface area contributed by atoms with Crippen molar-refractivity contribution in [2.24, 2.45) is 5.92 Å². The SMILES string of the molecule is N#CC(C(=O)CC1CC1)=P(c1ccccc1)(c1ccccc1)c1ccccc1. The van der Waals surface area contributed by atoms with Gasteiger partial charge in [-0.25, -0.2) is 0 Å². The summed E-state index contributed by atoms with van der Waals surface area (Å²) >= 11 is 0. The Morgan fingerprint density at radius 1 is 0.786 bits per heavy atom. The first kappa shape index (κ1) is 18.5. The number of hydrogen-bond donors (Lipinski definition) is 0. The molecule has 1 saturated carbocycles. The van der Waals surface area contributed by atoms with Crippen molar-refractivity contribution in [3.8, 4) is 6.07 Å². The van der Waals surface area contributed by atoms with Crippen LogP contribution < -0.4 is 15.9 Å². The number of Topliss-reactive ketones (excluding diaryl/α,β-unsaturated/α-hetero) is 1. The predicted molar refractivity (Wildman–Crippen MR) is 118 cm³/mol. The molecule has 0 heterocycles. The molecule has 0 bridgehead atoms. The lowest BCUT2D eigenvalue weighted by Gasteiger charge is -2.30. The van der Waals surface area contributed by atoms with E-state index in [4.69, 9.17) is 0 Å². The van der Waals surface area contributed by atoms with Crippen LogP contribution in [-0.2, 0) is 4.79 Å².